The summed E-state index contributed by atoms with van der Waals surface area (Å²) in [6.07, 6.45) is 10.3. The molecule has 0 radical (unpaired) electrons. The van der Waals surface area contributed by atoms with Gasteiger partial charge in [-0.05, 0) is 30.3 Å². The number of aromatic nitrogens is 3. The second-order valence-electron chi connectivity index (χ2n) is 6.37. The highest BCUT2D eigenvalue weighted by molar-refractivity contribution is 5.96. The minimum Gasteiger partial charge on any atom is -0.366 e. The predicted molar refractivity (Wildman–Crippen MR) is 117 cm³/mol. The van der Waals surface area contributed by atoms with Gasteiger partial charge in [0.2, 0.25) is 0 Å². The molecule has 0 saturated carbocycles. The number of para-hydroxylation sites is 1. The Morgan fingerprint density at radius 1 is 0.690 bits per heavy atom. The standard InChI is InChI=1S/C18H13N3.C8H5/c1-3-10-19-15(8-1)14-7-5-6-13-12-17(21-18(13)14)16-9-2-4-11-20-16;1-2-8-6-4-3-5-7-8/h1-12,21H;3-7H/q;-1. The molecule has 0 aliphatic heterocycles. The first-order valence-electron chi connectivity index (χ1n) is 9.27. The van der Waals surface area contributed by atoms with E-state index in [4.69, 9.17) is 6.42 Å². The lowest BCUT2D eigenvalue weighted by Crippen LogP contribution is -1.84. The molecule has 0 amide bonds. The summed E-state index contributed by atoms with van der Waals surface area (Å²) in [6, 6.07) is 29.6. The number of rotatable bonds is 2. The van der Waals surface area contributed by atoms with E-state index >= 15 is 0 Å². The molecule has 0 unspecified atom stereocenters. The minimum atomic E-state index is 0.826. The van der Waals surface area contributed by atoms with Crippen LogP contribution in [0.15, 0.2) is 103 Å². The lowest BCUT2D eigenvalue weighted by Gasteiger charge is -2.02. The van der Waals surface area contributed by atoms with Gasteiger partial charge >= 0.3 is 0 Å². The predicted octanol–water partition coefficient (Wildman–Crippen LogP) is 5.92. The van der Waals surface area contributed by atoms with Crippen molar-refractivity contribution < 1.29 is 0 Å². The Hall–Kier alpha value is -4.16. The van der Waals surface area contributed by atoms with E-state index in [9.17, 15) is 0 Å². The maximum Gasteiger partial charge on any atom is 0.0864 e. The van der Waals surface area contributed by atoms with Crippen molar-refractivity contribution in [3.05, 3.63) is 115 Å². The first kappa shape index (κ1) is 18.2. The average Bonchev–Trinajstić information content (AvgIpc) is 3.26. The van der Waals surface area contributed by atoms with Gasteiger partial charge in [-0.15, -0.1) is 17.7 Å². The number of H-pyrrole nitrogens is 1. The fourth-order valence-corrected chi connectivity index (χ4v) is 3.07. The molecule has 138 valence electrons. The summed E-state index contributed by atoms with van der Waals surface area (Å²) < 4.78 is 0. The topological polar surface area (TPSA) is 41.6 Å². The molecular weight excluding hydrogens is 354 g/mol. The van der Waals surface area contributed by atoms with Crippen LogP contribution in [0, 0.1) is 12.3 Å². The summed E-state index contributed by atoms with van der Waals surface area (Å²) in [6.45, 7) is 0. The zero-order valence-electron chi connectivity index (χ0n) is 15.7. The summed E-state index contributed by atoms with van der Waals surface area (Å²) in [5, 5.41) is 1.17. The lowest BCUT2D eigenvalue weighted by molar-refractivity contribution is 1.29. The first-order valence-corrected chi connectivity index (χ1v) is 9.27. The largest absolute Gasteiger partial charge is 0.366 e. The highest BCUT2D eigenvalue weighted by atomic mass is 14.8. The van der Waals surface area contributed by atoms with Crippen LogP contribution in [0.4, 0.5) is 0 Å². The summed E-state index contributed by atoms with van der Waals surface area (Å²) in [7, 11) is 0. The third-order valence-electron chi connectivity index (χ3n) is 4.46. The molecule has 0 fully saturated rings. The quantitative estimate of drug-likeness (QED) is 0.309. The third-order valence-corrected chi connectivity index (χ3v) is 4.46. The zero-order valence-corrected chi connectivity index (χ0v) is 15.7. The van der Waals surface area contributed by atoms with Crippen molar-refractivity contribution in [2.75, 3.05) is 0 Å². The van der Waals surface area contributed by atoms with Crippen molar-refractivity contribution in [1.29, 1.82) is 0 Å². The van der Waals surface area contributed by atoms with E-state index in [1.807, 2.05) is 72.9 Å². The van der Waals surface area contributed by atoms with Crippen LogP contribution in [0.2, 0.25) is 0 Å². The van der Waals surface area contributed by atoms with E-state index in [-0.39, 0.29) is 0 Å². The normalized spacial score (nSPS) is 10.0. The van der Waals surface area contributed by atoms with Gasteiger partial charge in [0, 0.05) is 23.3 Å². The monoisotopic (exact) mass is 372 g/mol. The van der Waals surface area contributed by atoms with Crippen molar-refractivity contribution in [2.45, 2.75) is 0 Å². The summed E-state index contributed by atoms with van der Waals surface area (Å²) >= 11 is 0. The molecule has 3 aromatic heterocycles. The fraction of sp³-hybridized carbons (Fsp3) is 0. The van der Waals surface area contributed by atoms with Crippen LogP contribution in [-0.2, 0) is 0 Å². The van der Waals surface area contributed by atoms with Gasteiger partial charge in [-0.25, -0.2) is 0 Å². The van der Waals surface area contributed by atoms with Gasteiger partial charge in [-0.3, -0.25) is 15.9 Å². The van der Waals surface area contributed by atoms with Gasteiger partial charge in [0.25, 0.3) is 0 Å². The molecule has 0 aliphatic rings. The van der Waals surface area contributed by atoms with Gasteiger partial charge in [0.1, 0.15) is 0 Å². The lowest BCUT2D eigenvalue weighted by atomic mass is 10.1. The highest BCUT2D eigenvalue weighted by Crippen LogP contribution is 2.30. The Bertz CT molecular complexity index is 1240. The third kappa shape index (κ3) is 4.23. The van der Waals surface area contributed by atoms with Crippen molar-refractivity contribution in [3.63, 3.8) is 0 Å². The van der Waals surface area contributed by atoms with Crippen LogP contribution in [0.3, 0.4) is 0 Å². The molecule has 0 saturated heterocycles. The Balaban J connectivity index is 0.000000216. The molecular formula is C26H18N3-. The second kappa shape index (κ2) is 8.69. The molecule has 5 aromatic rings. The van der Waals surface area contributed by atoms with E-state index in [1.54, 1.807) is 6.20 Å². The SMILES string of the molecule is [C-]#Cc1ccccc1.c1ccc(-c2cc3cccc(-c4ccccn4)c3[nH]2)nc1. The van der Waals surface area contributed by atoms with Gasteiger partial charge in [0.15, 0.2) is 0 Å². The van der Waals surface area contributed by atoms with Crippen LogP contribution in [0.5, 0.6) is 0 Å². The minimum absolute atomic E-state index is 0.826. The van der Waals surface area contributed by atoms with Gasteiger partial charge < -0.3 is 11.4 Å². The Kier molecular flexibility index (Phi) is 5.46. The molecule has 5 rings (SSSR count). The molecule has 0 atom stereocenters. The van der Waals surface area contributed by atoms with Crippen molar-refractivity contribution in [1.82, 2.24) is 15.0 Å². The molecule has 3 heterocycles. The fourth-order valence-electron chi connectivity index (χ4n) is 3.07. The van der Waals surface area contributed by atoms with Crippen molar-refractivity contribution >= 4 is 10.9 Å². The summed E-state index contributed by atoms with van der Waals surface area (Å²) in [5.41, 5.74) is 5.96. The van der Waals surface area contributed by atoms with Crippen LogP contribution >= 0.6 is 0 Å². The molecule has 1 N–H and O–H groups in total. The molecule has 3 heteroatoms. The van der Waals surface area contributed by atoms with Crippen LogP contribution in [-0.4, -0.2) is 15.0 Å². The highest BCUT2D eigenvalue weighted by Gasteiger charge is 2.09. The average molecular weight is 372 g/mol. The number of pyridine rings is 2. The van der Waals surface area contributed by atoms with E-state index in [2.05, 4.69) is 45.1 Å². The smallest absolute Gasteiger partial charge is 0.0864 e. The molecule has 2 aromatic carbocycles. The van der Waals surface area contributed by atoms with Gasteiger partial charge in [-0.1, -0.05) is 48.5 Å². The molecule has 0 spiro atoms. The van der Waals surface area contributed by atoms with Crippen LogP contribution in [0.1, 0.15) is 5.56 Å². The van der Waals surface area contributed by atoms with Crippen LogP contribution in [0.25, 0.3) is 33.5 Å². The molecule has 3 nitrogen and oxygen atoms in total. The van der Waals surface area contributed by atoms with E-state index in [0.717, 1.165) is 33.7 Å². The number of hydrogen-bond donors (Lipinski definition) is 1. The van der Waals surface area contributed by atoms with Gasteiger partial charge in [-0.2, -0.15) is 0 Å². The molecule has 29 heavy (non-hydrogen) atoms. The van der Waals surface area contributed by atoms with E-state index in [1.165, 1.54) is 5.39 Å². The first-order chi connectivity index (χ1) is 14.3. The Morgan fingerprint density at radius 3 is 2.00 bits per heavy atom. The van der Waals surface area contributed by atoms with E-state index in [0.29, 0.717) is 0 Å². The maximum atomic E-state index is 6.69. The van der Waals surface area contributed by atoms with Crippen molar-refractivity contribution in [2.24, 2.45) is 0 Å². The number of nitrogens with one attached hydrogen (secondary N) is 1. The number of nitrogens with zero attached hydrogens (tertiary/aromatic N) is 2. The molecule has 0 bridgehead atoms. The van der Waals surface area contributed by atoms with Crippen molar-refractivity contribution in [3.8, 4) is 28.6 Å². The number of aromatic amines is 1. The number of benzene rings is 2. The van der Waals surface area contributed by atoms with E-state index < -0.39 is 0 Å². The zero-order chi connectivity index (χ0) is 19.9. The summed E-state index contributed by atoms with van der Waals surface area (Å²) in [5.74, 6) is 2.28. The van der Waals surface area contributed by atoms with Crippen LogP contribution < -0.4 is 0 Å². The number of fused-ring (bicyclic) bond motifs is 1. The summed E-state index contributed by atoms with van der Waals surface area (Å²) in [4.78, 5) is 12.3. The number of hydrogen-bond acceptors (Lipinski definition) is 2. The van der Waals surface area contributed by atoms with Gasteiger partial charge in [0.05, 0.1) is 22.6 Å². The Morgan fingerprint density at radius 2 is 1.38 bits per heavy atom. The maximum absolute atomic E-state index is 6.69. The molecule has 0 aliphatic carbocycles. The Labute approximate surface area is 170 Å². The second-order valence-corrected chi connectivity index (χ2v) is 6.37.